The molecule has 94 valence electrons. The van der Waals surface area contributed by atoms with Crippen LogP contribution in [0.1, 0.15) is 11.1 Å². The fourth-order valence-corrected chi connectivity index (χ4v) is 5.01. The van der Waals surface area contributed by atoms with E-state index in [2.05, 4.69) is 104 Å². The van der Waals surface area contributed by atoms with Gasteiger partial charge in [-0.3, -0.25) is 0 Å². The van der Waals surface area contributed by atoms with Crippen LogP contribution in [0.15, 0.2) is 52.7 Å². The minimum Gasteiger partial charge on any atom is -0.0622 e. The smallest absolute Gasteiger partial charge is 0.0482 e. The first-order valence-corrected chi connectivity index (χ1v) is 9.03. The molecule has 0 saturated carbocycles. The molecule has 0 heterocycles. The molecule has 0 aliphatic rings. The van der Waals surface area contributed by atoms with Crippen LogP contribution in [0.4, 0.5) is 0 Å². The fraction of sp³-hybridized carbons (Fsp3) is 0.0769. The molecule has 0 N–H and O–H groups in total. The molecule has 0 spiro atoms. The van der Waals surface area contributed by atoms with Crippen molar-refractivity contribution in [1.82, 2.24) is 0 Å². The van der Waals surface area contributed by atoms with Crippen molar-refractivity contribution in [2.24, 2.45) is 0 Å². The topological polar surface area (TPSA) is 0 Å². The predicted molar refractivity (Wildman–Crippen MR) is 94.2 cm³/mol. The lowest BCUT2D eigenvalue weighted by Crippen LogP contribution is -1.94. The summed E-state index contributed by atoms with van der Waals surface area (Å²) in [5.74, 6) is 0. The van der Waals surface area contributed by atoms with Crippen LogP contribution in [0.25, 0.3) is 0 Å². The first-order chi connectivity index (χ1) is 8.52. The summed E-state index contributed by atoms with van der Waals surface area (Å²) in [6.45, 7) is 0. The Labute approximate surface area is 148 Å². The average Bonchev–Trinajstić information content (AvgIpc) is 2.40. The summed E-state index contributed by atoms with van der Waals surface area (Å²) in [7, 11) is 0. The third-order valence-electron chi connectivity index (χ3n) is 2.52. The maximum Gasteiger partial charge on any atom is 0.0482 e. The molecule has 0 aliphatic heterocycles. The van der Waals surface area contributed by atoms with Gasteiger partial charge >= 0.3 is 0 Å². The summed E-state index contributed by atoms with van der Waals surface area (Å²) in [5.41, 5.74) is 2.49. The lowest BCUT2D eigenvalue weighted by Gasteiger charge is -2.13. The summed E-state index contributed by atoms with van der Waals surface area (Å²) in [5, 5.41) is 0. The van der Waals surface area contributed by atoms with Crippen LogP contribution in [-0.2, 0) is 6.42 Å². The van der Waals surface area contributed by atoms with Crippen molar-refractivity contribution in [3.63, 3.8) is 0 Å². The Morgan fingerprint density at radius 2 is 1.06 bits per heavy atom. The third-order valence-corrected chi connectivity index (χ3v) is 8.78. The summed E-state index contributed by atoms with van der Waals surface area (Å²) >= 11 is 18.0. The van der Waals surface area contributed by atoms with E-state index in [1.54, 1.807) is 0 Å². The van der Waals surface area contributed by atoms with Crippen LogP contribution < -0.4 is 0 Å². The van der Waals surface area contributed by atoms with Crippen molar-refractivity contribution < 1.29 is 0 Å². The van der Waals surface area contributed by atoms with Gasteiger partial charge in [-0.05, 0) is 97.2 Å². The van der Waals surface area contributed by atoms with E-state index in [0.717, 1.165) is 28.8 Å². The molecule has 2 rings (SSSR count). The summed E-state index contributed by atoms with van der Waals surface area (Å²) in [4.78, 5) is 0. The average molecular weight is 563 g/mol. The molecule has 0 amide bonds. The van der Waals surface area contributed by atoms with Crippen LogP contribution in [0, 0.1) is 0 Å². The van der Waals surface area contributed by atoms with Crippen molar-refractivity contribution in [2.45, 2.75) is 6.42 Å². The predicted octanol–water partition coefficient (Wildman–Crippen LogP) is 7.09. The normalized spacial score (nSPS) is 10.7. The molecular formula is C13H7Br5. The molecule has 0 bridgehead atoms. The van der Waals surface area contributed by atoms with Gasteiger partial charge in [0.1, 0.15) is 0 Å². The molecule has 0 nitrogen and oxygen atoms in total. The maximum atomic E-state index is 3.65. The minimum absolute atomic E-state index is 0.868. The summed E-state index contributed by atoms with van der Waals surface area (Å²) < 4.78 is 5.16. The van der Waals surface area contributed by atoms with Gasteiger partial charge in [0.05, 0.1) is 0 Å². The van der Waals surface area contributed by atoms with E-state index in [9.17, 15) is 0 Å². The van der Waals surface area contributed by atoms with Gasteiger partial charge in [0.15, 0.2) is 0 Å². The third kappa shape index (κ3) is 3.11. The van der Waals surface area contributed by atoms with E-state index in [4.69, 9.17) is 0 Å². The Bertz CT molecular complexity index is 549. The van der Waals surface area contributed by atoms with Gasteiger partial charge in [-0.25, -0.2) is 0 Å². The van der Waals surface area contributed by atoms with Crippen molar-refractivity contribution in [3.05, 3.63) is 63.8 Å². The van der Waals surface area contributed by atoms with Crippen LogP contribution >= 0.6 is 79.6 Å². The summed E-state index contributed by atoms with van der Waals surface area (Å²) in [6.07, 6.45) is 0.868. The Kier molecular flexibility index (Phi) is 5.52. The van der Waals surface area contributed by atoms with E-state index < -0.39 is 0 Å². The van der Waals surface area contributed by atoms with Gasteiger partial charge in [-0.1, -0.05) is 30.3 Å². The molecule has 18 heavy (non-hydrogen) atoms. The van der Waals surface area contributed by atoms with Crippen LogP contribution in [-0.4, -0.2) is 0 Å². The van der Waals surface area contributed by atoms with Gasteiger partial charge < -0.3 is 0 Å². The molecule has 5 heteroatoms. The van der Waals surface area contributed by atoms with Crippen molar-refractivity contribution >= 4 is 79.6 Å². The zero-order valence-electron chi connectivity index (χ0n) is 8.98. The molecule has 0 aromatic heterocycles. The maximum absolute atomic E-state index is 3.65. The molecule has 2 aromatic rings. The van der Waals surface area contributed by atoms with E-state index in [0.29, 0.717) is 0 Å². The van der Waals surface area contributed by atoms with Crippen LogP contribution in [0.3, 0.4) is 0 Å². The van der Waals surface area contributed by atoms with Gasteiger partial charge in [0.2, 0.25) is 0 Å². The zero-order chi connectivity index (χ0) is 13.3. The lowest BCUT2D eigenvalue weighted by molar-refractivity contribution is 1.15. The second kappa shape index (κ2) is 6.53. The molecule has 0 aliphatic carbocycles. The number of hydrogen-bond acceptors (Lipinski definition) is 0. The molecule has 0 radical (unpaired) electrons. The second-order valence-electron chi connectivity index (χ2n) is 3.71. The van der Waals surface area contributed by atoms with E-state index in [1.165, 1.54) is 11.1 Å². The van der Waals surface area contributed by atoms with Crippen molar-refractivity contribution in [3.8, 4) is 0 Å². The Morgan fingerprint density at radius 1 is 0.611 bits per heavy atom. The molecule has 0 atom stereocenters. The first kappa shape index (κ1) is 15.2. The second-order valence-corrected chi connectivity index (χ2v) is 7.68. The van der Waals surface area contributed by atoms with Gasteiger partial charge in [-0.2, -0.15) is 0 Å². The Hall–Kier alpha value is 0.840. The standard InChI is InChI=1S/C13H7Br5/c14-9-8(6-7-4-2-1-3-5-7)10(15)12(17)13(18)11(9)16/h1-5H,6H2. The van der Waals surface area contributed by atoms with Gasteiger partial charge in [0.25, 0.3) is 0 Å². The monoisotopic (exact) mass is 558 g/mol. The first-order valence-electron chi connectivity index (χ1n) is 5.06. The van der Waals surface area contributed by atoms with E-state index in [-0.39, 0.29) is 0 Å². The van der Waals surface area contributed by atoms with Crippen LogP contribution in [0.5, 0.6) is 0 Å². The highest BCUT2D eigenvalue weighted by atomic mass is 79.9. The van der Waals surface area contributed by atoms with Crippen LogP contribution in [0.2, 0.25) is 0 Å². The van der Waals surface area contributed by atoms with Crippen molar-refractivity contribution in [1.29, 1.82) is 0 Å². The van der Waals surface area contributed by atoms with E-state index in [1.807, 2.05) is 6.07 Å². The highest BCUT2D eigenvalue weighted by Gasteiger charge is 2.17. The molecule has 0 fully saturated rings. The molecule has 0 unspecified atom stereocenters. The minimum atomic E-state index is 0.868. The highest BCUT2D eigenvalue weighted by Crippen LogP contribution is 2.45. The zero-order valence-corrected chi connectivity index (χ0v) is 16.9. The highest BCUT2D eigenvalue weighted by molar-refractivity contribution is 9.15. The number of rotatable bonds is 2. The number of halogens is 5. The SMILES string of the molecule is Brc1c(Br)c(Br)c(Cc2ccccc2)c(Br)c1Br. The quantitative estimate of drug-likeness (QED) is 0.271. The Balaban J connectivity index is 2.52. The van der Waals surface area contributed by atoms with E-state index >= 15 is 0 Å². The molecular weight excluding hydrogens is 556 g/mol. The molecule has 0 saturated heterocycles. The van der Waals surface area contributed by atoms with Crippen molar-refractivity contribution in [2.75, 3.05) is 0 Å². The van der Waals surface area contributed by atoms with Gasteiger partial charge in [-0.15, -0.1) is 0 Å². The fourth-order valence-electron chi connectivity index (χ4n) is 1.61. The van der Waals surface area contributed by atoms with Gasteiger partial charge in [0, 0.05) is 22.4 Å². The number of hydrogen-bond donors (Lipinski definition) is 0. The summed E-state index contributed by atoms with van der Waals surface area (Å²) in [6, 6.07) is 10.4. The number of benzene rings is 2. The molecule has 2 aromatic carbocycles. The lowest BCUT2D eigenvalue weighted by atomic mass is 10.1. The largest absolute Gasteiger partial charge is 0.0622 e. The Morgan fingerprint density at radius 3 is 1.56 bits per heavy atom.